The van der Waals surface area contributed by atoms with Crippen molar-refractivity contribution in [3.05, 3.63) is 18.2 Å². The Hall–Kier alpha value is -1.49. The van der Waals surface area contributed by atoms with Gasteiger partial charge in [-0.2, -0.15) is 0 Å². The first-order valence-corrected chi connectivity index (χ1v) is 6.40. The predicted molar refractivity (Wildman–Crippen MR) is 76.5 cm³/mol. The second kappa shape index (κ2) is 5.91. The maximum absolute atomic E-state index is 5.28. The third-order valence-corrected chi connectivity index (χ3v) is 3.15. The lowest BCUT2D eigenvalue weighted by Crippen LogP contribution is -2.30. The van der Waals surface area contributed by atoms with Gasteiger partial charge in [0, 0.05) is 12.6 Å². The van der Waals surface area contributed by atoms with Gasteiger partial charge in [-0.3, -0.25) is 0 Å². The number of rotatable bonds is 5. The van der Waals surface area contributed by atoms with Gasteiger partial charge in [-0.05, 0) is 43.1 Å². The average molecular weight is 266 g/mol. The van der Waals surface area contributed by atoms with Gasteiger partial charge in [0.15, 0.2) is 5.11 Å². The molecule has 2 N–H and O–H groups in total. The van der Waals surface area contributed by atoms with Crippen LogP contribution in [0, 0.1) is 5.92 Å². The zero-order chi connectivity index (χ0) is 13.0. The molecule has 0 spiro atoms. The normalized spacial score (nSPS) is 13.9. The molecule has 2 rings (SSSR count). The molecule has 1 fully saturated rings. The number of ether oxygens (including phenoxy) is 2. The smallest absolute Gasteiger partial charge is 0.170 e. The zero-order valence-electron chi connectivity index (χ0n) is 10.7. The van der Waals surface area contributed by atoms with Gasteiger partial charge in [-0.1, -0.05) is 0 Å². The highest BCUT2D eigenvalue weighted by Gasteiger charge is 2.21. The molecule has 1 saturated carbocycles. The van der Waals surface area contributed by atoms with E-state index >= 15 is 0 Å². The molecule has 4 nitrogen and oxygen atoms in total. The van der Waals surface area contributed by atoms with E-state index < -0.39 is 0 Å². The summed E-state index contributed by atoms with van der Waals surface area (Å²) in [6.07, 6.45) is 2.61. The molecule has 1 aromatic carbocycles. The summed E-state index contributed by atoms with van der Waals surface area (Å²) < 4.78 is 10.5. The third kappa shape index (κ3) is 3.50. The van der Waals surface area contributed by atoms with Gasteiger partial charge in [0.1, 0.15) is 11.5 Å². The Kier molecular flexibility index (Phi) is 4.25. The van der Waals surface area contributed by atoms with E-state index in [1.807, 2.05) is 18.2 Å². The maximum atomic E-state index is 5.28. The van der Waals surface area contributed by atoms with Crippen molar-refractivity contribution in [3.8, 4) is 11.5 Å². The molecule has 1 aliphatic carbocycles. The van der Waals surface area contributed by atoms with Crippen molar-refractivity contribution in [2.24, 2.45) is 5.92 Å². The van der Waals surface area contributed by atoms with Crippen molar-refractivity contribution in [1.82, 2.24) is 5.32 Å². The van der Waals surface area contributed by atoms with Crippen LogP contribution in [0.2, 0.25) is 0 Å². The number of methoxy groups -OCH3 is 2. The maximum Gasteiger partial charge on any atom is 0.170 e. The van der Waals surface area contributed by atoms with Crippen molar-refractivity contribution < 1.29 is 9.47 Å². The summed E-state index contributed by atoms with van der Waals surface area (Å²) >= 11 is 5.25. The molecule has 0 heterocycles. The fraction of sp³-hybridized carbons (Fsp3) is 0.462. The first-order valence-electron chi connectivity index (χ1n) is 6.00. The molecule has 0 bridgehead atoms. The fourth-order valence-electron chi connectivity index (χ4n) is 1.64. The molecule has 5 heteroatoms. The number of nitrogens with one attached hydrogen (secondary N) is 2. The van der Waals surface area contributed by atoms with Crippen molar-refractivity contribution in [3.63, 3.8) is 0 Å². The largest absolute Gasteiger partial charge is 0.497 e. The van der Waals surface area contributed by atoms with Crippen LogP contribution in [0.1, 0.15) is 12.8 Å². The van der Waals surface area contributed by atoms with E-state index in [-0.39, 0.29) is 0 Å². The van der Waals surface area contributed by atoms with E-state index in [2.05, 4.69) is 10.6 Å². The summed E-state index contributed by atoms with van der Waals surface area (Å²) in [5, 5.41) is 6.96. The Balaban J connectivity index is 1.98. The van der Waals surface area contributed by atoms with E-state index in [9.17, 15) is 0 Å². The minimum atomic E-state index is 0.619. The fourth-order valence-corrected chi connectivity index (χ4v) is 1.83. The lowest BCUT2D eigenvalue weighted by molar-refractivity contribution is 0.405. The monoisotopic (exact) mass is 266 g/mol. The molecule has 98 valence electrons. The topological polar surface area (TPSA) is 42.5 Å². The molecule has 0 atom stereocenters. The standard InChI is InChI=1S/C13H18N2O2S/c1-16-10-5-6-12(17-2)11(7-10)15-13(18)14-8-9-3-4-9/h5-7,9H,3-4,8H2,1-2H3,(H2,14,15,18). The molecular formula is C13H18N2O2S. The second-order valence-electron chi connectivity index (χ2n) is 4.34. The van der Waals surface area contributed by atoms with Gasteiger partial charge in [-0.15, -0.1) is 0 Å². The lowest BCUT2D eigenvalue weighted by atomic mass is 10.2. The van der Waals surface area contributed by atoms with E-state index in [1.165, 1.54) is 12.8 Å². The Labute approximate surface area is 113 Å². The van der Waals surface area contributed by atoms with Crippen LogP contribution in [0.25, 0.3) is 0 Å². The first-order chi connectivity index (χ1) is 8.72. The Bertz CT molecular complexity index is 433. The quantitative estimate of drug-likeness (QED) is 0.801. The van der Waals surface area contributed by atoms with E-state index in [0.29, 0.717) is 5.11 Å². The van der Waals surface area contributed by atoms with E-state index in [0.717, 1.165) is 29.6 Å². The van der Waals surface area contributed by atoms with Gasteiger partial charge >= 0.3 is 0 Å². The molecule has 0 aliphatic heterocycles. The van der Waals surface area contributed by atoms with Crippen molar-refractivity contribution in [2.45, 2.75) is 12.8 Å². The molecule has 1 aliphatic rings. The van der Waals surface area contributed by atoms with Crippen molar-refractivity contribution in [2.75, 3.05) is 26.1 Å². The minimum Gasteiger partial charge on any atom is -0.497 e. The van der Waals surface area contributed by atoms with Crippen LogP contribution in [-0.2, 0) is 0 Å². The van der Waals surface area contributed by atoms with Crippen LogP contribution in [-0.4, -0.2) is 25.9 Å². The van der Waals surface area contributed by atoms with Crippen LogP contribution in [0.5, 0.6) is 11.5 Å². The number of hydrogen-bond donors (Lipinski definition) is 2. The van der Waals surface area contributed by atoms with Gasteiger partial charge in [0.2, 0.25) is 0 Å². The molecule has 0 saturated heterocycles. The Morgan fingerprint density at radius 1 is 1.33 bits per heavy atom. The predicted octanol–water partition coefficient (Wildman–Crippen LogP) is 2.40. The molecule has 18 heavy (non-hydrogen) atoms. The molecular weight excluding hydrogens is 248 g/mol. The van der Waals surface area contributed by atoms with Crippen LogP contribution in [0.4, 0.5) is 5.69 Å². The zero-order valence-corrected chi connectivity index (χ0v) is 11.5. The summed E-state index contributed by atoms with van der Waals surface area (Å²) in [7, 11) is 3.27. The highest BCUT2D eigenvalue weighted by Crippen LogP contribution is 2.29. The number of benzene rings is 1. The molecule has 1 aromatic rings. The summed E-state index contributed by atoms with van der Waals surface area (Å²) in [6, 6.07) is 5.57. The van der Waals surface area contributed by atoms with Gasteiger partial charge in [0.05, 0.1) is 19.9 Å². The average Bonchev–Trinajstić information content (AvgIpc) is 3.20. The molecule has 0 radical (unpaired) electrons. The highest BCUT2D eigenvalue weighted by atomic mass is 32.1. The van der Waals surface area contributed by atoms with Gasteiger partial charge in [-0.25, -0.2) is 0 Å². The number of anilines is 1. The van der Waals surface area contributed by atoms with Crippen molar-refractivity contribution >= 4 is 23.0 Å². The van der Waals surface area contributed by atoms with Gasteiger partial charge in [0.25, 0.3) is 0 Å². The minimum absolute atomic E-state index is 0.619. The number of hydrogen-bond acceptors (Lipinski definition) is 3. The Morgan fingerprint density at radius 2 is 2.11 bits per heavy atom. The lowest BCUT2D eigenvalue weighted by Gasteiger charge is -2.14. The SMILES string of the molecule is COc1ccc(OC)c(NC(=S)NCC2CC2)c1. The Morgan fingerprint density at radius 3 is 2.72 bits per heavy atom. The highest BCUT2D eigenvalue weighted by molar-refractivity contribution is 7.80. The molecule has 0 aromatic heterocycles. The third-order valence-electron chi connectivity index (χ3n) is 2.90. The van der Waals surface area contributed by atoms with Crippen LogP contribution in [0.3, 0.4) is 0 Å². The van der Waals surface area contributed by atoms with Crippen molar-refractivity contribution in [1.29, 1.82) is 0 Å². The number of thiocarbonyl (C=S) groups is 1. The van der Waals surface area contributed by atoms with E-state index in [1.54, 1.807) is 14.2 Å². The van der Waals surface area contributed by atoms with Gasteiger partial charge < -0.3 is 20.1 Å². The van der Waals surface area contributed by atoms with Crippen LogP contribution >= 0.6 is 12.2 Å². The van der Waals surface area contributed by atoms with E-state index in [4.69, 9.17) is 21.7 Å². The first kappa shape index (κ1) is 13.0. The second-order valence-corrected chi connectivity index (χ2v) is 4.75. The summed E-state index contributed by atoms with van der Waals surface area (Å²) in [5.41, 5.74) is 0.810. The summed E-state index contributed by atoms with van der Waals surface area (Å²) in [5.74, 6) is 2.30. The van der Waals surface area contributed by atoms with Crippen LogP contribution < -0.4 is 20.1 Å². The molecule has 0 unspecified atom stereocenters. The molecule has 0 amide bonds. The van der Waals surface area contributed by atoms with Crippen LogP contribution in [0.15, 0.2) is 18.2 Å². The summed E-state index contributed by atoms with van der Waals surface area (Å²) in [4.78, 5) is 0. The summed E-state index contributed by atoms with van der Waals surface area (Å²) in [6.45, 7) is 0.943.